The van der Waals surface area contributed by atoms with Gasteiger partial charge in [0.2, 0.25) is 0 Å². The van der Waals surface area contributed by atoms with Gasteiger partial charge in [0.05, 0.1) is 31.3 Å². The van der Waals surface area contributed by atoms with Gasteiger partial charge >= 0.3 is 5.97 Å². The summed E-state index contributed by atoms with van der Waals surface area (Å²) in [5.41, 5.74) is 8.82. The number of nitrogens with two attached hydrogens (primary N) is 1. The summed E-state index contributed by atoms with van der Waals surface area (Å²) in [7, 11) is 2.87. The second kappa shape index (κ2) is 7.17. The molecule has 0 aliphatic heterocycles. The molecule has 1 aliphatic rings. The predicted octanol–water partition coefficient (Wildman–Crippen LogP) is 3.61. The van der Waals surface area contributed by atoms with E-state index in [1.807, 2.05) is 17.7 Å². The molecule has 0 bridgehead atoms. The molecule has 3 rings (SSSR count). The number of aromatic nitrogens is 2. The Morgan fingerprint density at radius 1 is 1.24 bits per heavy atom. The van der Waals surface area contributed by atoms with Crippen LogP contribution in [0.15, 0.2) is 18.3 Å². The first kappa shape index (κ1) is 17.3. The number of hydrogen-bond acceptors (Lipinski definition) is 5. The molecule has 0 amide bonds. The molecule has 2 N–H and O–H groups in total. The van der Waals surface area contributed by atoms with Crippen LogP contribution in [0.25, 0.3) is 5.69 Å². The third-order valence-electron chi connectivity index (χ3n) is 4.84. The van der Waals surface area contributed by atoms with Gasteiger partial charge in [-0.05, 0) is 25.8 Å². The third-order valence-corrected chi connectivity index (χ3v) is 4.84. The van der Waals surface area contributed by atoms with Crippen molar-refractivity contribution in [3.63, 3.8) is 0 Å². The zero-order valence-corrected chi connectivity index (χ0v) is 15.0. The Morgan fingerprint density at radius 2 is 1.96 bits per heavy atom. The second-order valence-corrected chi connectivity index (χ2v) is 6.55. The maximum absolute atomic E-state index is 11.9. The van der Waals surface area contributed by atoms with E-state index in [-0.39, 0.29) is 0 Å². The van der Waals surface area contributed by atoms with Crippen LogP contribution in [0.2, 0.25) is 0 Å². The first-order valence-electron chi connectivity index (χ1n) is 8.67. The van der Waals surface area contributed by atoms with Gasteiger partial charge in [0.25, 0.3) is 0 Å². The SMILES string of the molecule is COC(=O)c1cc(N)c(-n2cc(C)nc2C2CCCCC2)cc1OC. The minimum Gasteiger partial charge on any atom is -0.496 e. The fourth-order valence-electron chi connectivity index (χ4n) is 3.59. The van der Waals surface area contributed by atoms with E-state index in [1.54, 1.807) is 12.1 Å². The van der Waals surface area contributed by atoms with Gasteiger partial charge in [-0.2, -0.15) is 0 Å². The highest BCUT2D eigenvalue weighted by Gasteiger charge is 2.24. The van der Waals surface area contributed by atoms with E-state index >= 15 is 0 Å². The molecule has 1 aromatic carbocycles. The smallest absolute Gasteiger partial charge is 0.341 e. The number of esters is 1. The van der Waals surface area contributed by atoms with Crippen molar-refractivity contribution in [2.45, 2.75) is 44.9 Å². The van der Waals surface area contributed by atoms with Crippen LogP contribution >= 0.6 is 0 Å². The van der Waals surface area contributed by atoms with Gasteiger partial charge in [0.15, 0.2) is 0 Å². The number of ether oxygens (including phenoxy) is 2. The maximum Gasteiger partial charge on any atom is 0.341 e. The highest BCUT2D eigenvalue weighted by atomic mass is 16.5. The Hall–Kier alpha value is -2.50. The number of rotatable bonds is 4. The molecular formula is C19H25N3O3. The minimum atomic E-state index is -0.468. The number of methoxy groups -OCH3 is 2. The minimum absolute atomic E-state index is 0.322. The van der Waals surface area contributed by atoms with Crippen LogP contribution in [-0.2, 0) is 4.74 Å². The average Bonchev–Trinajstić information content (AvgIpc) is 3.03. The van der Waals surface area contributed by atoms with Gasteiger partial charge in [-0.1, -0.05) is 19.3 Å². The van der Waals surface area contributed by atoms with Gasteiger partial charge in [-0.15, -0.1) is 0 Å². The molecule has 1 aliphatic carbocycles. The van der Waals surface area contributed by atoms with Crippen molar-refractivity contribution in [2.75, 3.05) is 20.0 Å². The van der Waals surface area contributed by atoms with E-state index in [0.29, 0.717) is 22.9 Å². The quantitative estimate of drug-likeness (QED) is 0.678. The van der Waals surface area contributed by atoms with Gasteiger partial charge in [0.1, 0.15) is 17.1 Å². The second-order valence-electron chi connectivity index (χ2n) is 6.55. The van der Waals surface area contributed by atoms with Crippen LogP contribution < -0.4 is 10.5 Å². The lowest BCUT2D eigenvalue weighted by Crippen LogP contribution is -2.13. The summed E-state index contributed by atoms with van der Waals surface area (Å²) in [6.45, 7) is 1.99. The Labute approximate surface area is 147 Å². The van der Waals surface area contributed by atoms with Gasteiger partial charge in [-0.25, -0.2) is 9.78 Å². The number of nitrogen functional groups attached to an aromatic ring is 1. The van der Waals surface area contributed by atoms with Crippen molar-refractivity contribution in [3.05, 3.63) is 35.4 Å². The van der Waals surface area contributed by atoms with E-state index in [2.05, 4.69) is 0 Å². The zero-order valence-electron chi connectivity index (χ0n) is 15.0. The number of nitrogens with zero attached hydrogens (tertiary/aromatic N) is 2. The fourth-order valence-corrected chi connectivity index (χ4v) is 3.59. The molecule has 0 unspecified atom stereocenters. The topological polar surface area (TPSA) is 79.4 Å². The molecule has 1 heterocycles. The summed E-state index contributed by atoms with van der Waals surface area (Å²) in [5.74, 6) is 1.45. The summed E-state index contributed by atoms with van der Waals surface area (Å²) < 4.78 is 12.2. The lowest BCUT2D eigenvalue weighted by atomic mass is 9.88. The summed E-state index contributed by atoms with van der Waals surface area (Å²) in [6.07, 6.45) is 8.04. The van der Waals surface area contributed by atoms with Crippen LogP contribution in [-0.4, -0.2) is 29.7 Å². The Balaban J connectivity index is 2.09. The third kappa shape index (κ3) is 3.34. The number of anilines is 1. The van der Waals surface area contributed by atoms with Crippen molar-refractivity contribution >= 4 is 11.7 Å². The first-order valence-corrected chi connectivity index (χ1v) is 8.67. The lowest BCUT2D eigenvalue weighted by Gasteiger charge is -2.23. The highest BCUT2D eigenvalue weighted by Crippen LogP contribution is 2.36. The molecule has 0 spiro atoms. The maximum atomic E-state index is 11.9. The number of hydrogen-bond donors (Lipinski definition) is 1. The zero-order chi connectivity index (χ0) is 18.0. The molecule has 0 radical (unpaired) electrons. The van der Waals surface area contributed by atoms with Crippen molar-refractivity contribution in [1.82, 2.24) is 9.55 Å². The molecule has 0 saturated heterocycles. The van der Waals surface area contributed by atoms with E-state index in [0.717, 1.165) is 30.0 Å². The van der Waals surface area contributed by atoms with Crippen molar-refractivity contribution in [3.8, 4) is 11.4 Å². The van der Waals surface area contributed by atoms with Crippen LogP contribution in [0.4, 0.5) is 5.69 Å². The number of aryl methyl sites for hydroxylation is 1. The number of imidazole rings is 1. The molecule has 0 atom stereocenters. The normalized spacial score (nSPS) is 15.2. The van der Waals surface area contributed by atoms with E-state index in [1.165, 1.54) is 33.5 Å². The Bertz CT molecular complexity index is 776. The molecular weight excluding hydrogens is 318 g/mol. The number of carbonyl (C=O) groups excluding carboxylic acids is 1. The number of carbonyl (C=O) groups is 1. The Morgan fingerprint density at radius 3 is 2.60 bits per heavy atom. The van der Waals surface area contributed by atoms with E-state index < -0.39 is 5.97 Å². The lowest BCUT2D eigenvalue weighted by molar-refractivity contribution is 0.0597. The molecule has 1 aromatic heterocycles. The van der Waals surface area contributed by atoms with Gasteiger partial charge < -0.3 is 19.8 Å². The van der Waals surface area contributed by atoms with Crippen LogP contribution in [0.1, 0.15) is 59.9 Å². The summed E-state index contributed by atoms with van der Waals surface area (Å²) in [4.78, 5) is 16.7. The largest absolute Gasteiger partial charge is 0.496 e. The predicted molar refractivity (Wildman–Crippen MR) is 96.4 cm³/mol. The standard InChI is InChI=1S/C19H25N3O3/c1-12-11-22(18(21-12)13-7-5-4-6-8-13)16-10-17(24-2)14(9-15(16)20)19(23)25-3/h9-11,13H,4-8,20H2,1-3H3. The van der Waals surface area contributed by atoms with E-state index in [9.17, 15) is 4.79 Å². The summed E-state index contributed by atoms with van der Waals surface area (Å²) in [6, 6.07) is 3.40. The van der Waals surface area contributed by atoms with Crippen molar-refractivity contribution in [1.29, 1.82) is 0 Å². The fraction of sp³-hybridized carbons (Fsp3) is 0.474. The monoisotopic (exact) mass is 343 g/mol. The molecule has 6 heteroatoms. The van der Waals surface area contributed by atoms with Crippen LogP contribution in [0.3, 0.4) is 0 Å². The van der Waals surface area contributed by atoms with Crippen LogP contribution in [0.5, 0.6) is 5.75 Å². The molecule has 2 aromatic rings. The molecule has 6 nitrogen and oxygen atoms in total. The summed E-state index contributed by atoms with van der Waals surface area (Å²) >= 11 is 0. The van der Waals surface area contributed by atoms with Gasteiger partial charge in [0, 0.05) is 18.2 Å². The molecule has 1 saturated carbocycles. The van der Waals surface area contributed by atoms with Crippen LogP contribution in [0, 0.1) is 6.92 Å². The van der Waals surface area contributed by atoms with Gasteiger partial charge in [-0.3, -0.25) is 0 Å². The number of benzene rings is 1. The first-order chi connectivity index (χ1) is 12.0. The van der Waals surface area contributed by atoms with Crippen molar-refractivity contribution < 1.29 is 14.3 Å². The highest BCUT2D eigenvalue weighted by molar-refractivity contribution is 5.94. The van der Waals surface area contributed by atoms with Crippen molar-refractivity contribution in [2.24, 2.45) is 0 Å². The average molecular weight is 343 g/mol. The molecule has 25 heavy (non-hydrogen) atoms. The molecule has 134 valence electrons. The molecule has 1 fully saturated rings. The Kier molecular flexibility index (Phi) is 4.97. The van der Waals surface area contributed by atoms with E-state index in [4.69, 9.17) is 20.2 Å². The summed E-state index contributed by atoms with van der Waals surface area (Å²) in [5, 5.41) is 0.